The van der Waals surface area contributed by atoms with Gasteiger partial charge in [-0.15, -0.1) is 11.8 Å². The summed E-state index contributed by atoms with van der Waals surface area (Å²) >= 11 is 1.01. The molecule has 0 aromatic heterocycles. The third kappa shape index (κ3) is 5.88. The molecular formula is C35H36F3N3O11S. The van der Waals surface area contributed by atoms with E-state index in [9.17, 15) is 32.8 Å². The van der Waals surface area contributed by atoms with Gasteiger partial charge in [0, 0.05) is 54.1 Å². The minimum absolute atomic E-state index is 0.119. The lowest BCUT2D eigenvalue weighted by molar-refractivity contribution is -0.207. The fourth-order valence-corrected chi connectivity index (χ4v) is 9.94. The van der Waals surface area contributed by atoms with Gasteiger partial charge in [0.15, 0.2) is 29.8 Å². The number of halogens is 3. The highest BCUT2D eigenvalue weighted by Crippen LogP contribution is 2.64. The fourth-order valence-electron chi connectivity index (χ4n) is 8.47. The molecule has 5 heterocycles. The number of nitrogens with zero attached hydrogens (tertiary/aromatic N) is 3. The van der Waals surface area contributed by atoms with E-state index >= 15 is 0 Å². The number of cyclic esters (lactones) is 1. The molecule has 0 amide bonds. The number of benzene rings is 2. The summed E-state index contributed by atoms with van der Waals surface area (Å²) in [4.78, 5) is 42.2. The standard InChI is InChI=1S/C35H36F3N3O11S/c1-14-7-17-8-18-19(9-39)41-20-10-47-33(43)21(52-34(44)35(36,37)38)11-53-32(24-23(20)31-29(49-13-50-31)15(2)28(24)51-16(3)42)26(41)25(40(18)4)22(17)30(27(14)46-6)48-12-45-5/h7,18-21,25-26,32H,8,10-13H2,1-6H3/t18-,19-,20-,21?,25+,26?,32+/m0/s1. The number of piperazine rings is 1. The van der Waals surface area contributed by atoms with E-state index in [4.69, 9.17) is 37.9 Å². The molecule has 0 N–H and O–H groups in total. The Morgan fingerprint density at radius 3 is 2.47 bits per heavy atom. The topological polar surface area (TPSA) is 155 Å². The predicted molar refractivity (Wildman–Crippen MR) is 177 cm³/mol. The molecule has 18 heteroatoms. The number of hydrogen-bond acceptors (Lipinski definition) is 15. The summed E-state index contributed by atoms with van der Waals surface area (Å²) in [7, 11) is 4.89. The van der Waals surface area contributed by atoms with E-state index in [1.54, 1.807) is 6.92 Å². The summed E-state index contributed by atoms with van der Waals surface area (Å²) in [6.45, 7) is 4.03. The molecule has 0 saturated carbocycles. The number of rotatable bonds is 6. The molecule has 53 heavy (non-hydrogen) atoms. The van der Waals surface area contributed by atoms with Gasteiger partial charge >= 0.3 is 24.1 Å². The number of nitriles is 1. The van der Waals surface area contributed by atoms with Gasteiger partial charge in [-0.2, -0.15) is 18.4 Å². The molecule has 7 rings (SSSR count). The van der Waals surface area contributed by atoms with Crippen LogP contribution < -0.4 is 23.7 Å². The first-order valence-corrected chi connectivity index (χ1v) is 17.7. The lowest BCUT2D eigenvalue weighted by atomic mass is 9.71. The Morgan fingerprint density at radius 1 is 1.08 bits per heavy atom. The summed E-state index contributed by atoms with van der Waals surface area (Å²) < 4.78 is 85.9. The molecule has 4 bridgehead atoms. The van der Waals surface area contributed by atoms with Crippen LogP contribution in [-0.2, 0) is 35.0 Å². The van der Waals surface area contributed by atoms with Crippen molar-refractivity contribution in [3.05, 3.63) is 39.4 Å². The maximum Gasteiger partial charge on any atom is 0.490 e. The highest BCUT2D eigenvalue weighted by Gasteiger charge is 2.61. The molecule has 2 aromatic rings. The van der Waals surface area contributed by atoms with Crippen LogP contribution in [0, 0.1) is 25.2 Å². The van der Waals surface area contributed by atoms with Crippen molar-refractivity contribution in [1.82, 2.24) is 9.80 Å². The Morgan fingerprint density at radius 2 is 1.81 bits per heavy atom. The SMILES string of the molecule is COCOc1c(OC)c(C)cc2c1[C@@H]1C3[C@@H]4SCC(OC(=O)C(F)(F)F)C(=O)OC[C@@H](c5c6c(c(C)c(OC(C)=O)c54)OCO6)N3[C@@H](C#N)[C@H](C2)N1C. The van der Waals surface area contributed by atoms with Gasteiger partial charge in [-0.25, -0.2) is 9.59 Å². The van der Waals surface area contributed by atoms with Crippen LogP contribution in [0.3, 0.4) is 0 Å². The Labute approximate surface area is 306 Å². The van der Waals surface area contributed by atoms with Gasteiger partial charge < -0.3 is 37.9 Å². The average Bonchev–Trinajstić information content (AvgIpc) is 3.59. The second-order valence-electron chi connectivity index (χ2n) is 13.3. The summed E-state index contributed by atoms with van der Waals surface area (Å²) in [6.07, 6.45) is -6.89. The highest BCUT2D eigenvalue weighted by atomic mass is 32.2. The zero-order chi connectivity index (χ0) is 38.1. The first-order valence-electron chi connectivity index (χ1n) is 16.6. The van der Waals surface area contributed by atoms with Crippen LogP contribution >= 0.6 is 11.8 Å². The molecule has 14 nitrogen and oxygen atoms in total. The summed E-state index contributed by atoms with van der Waals surface area (Å²) in [6, 6.07) is 0.976. The van der Waals surface area contributed by atoms with E-state index in [1.165, 1.54) is 21.1 Å². The number of fused-ring (bicyclic) bond motifs is 9. The molecule has 2 aromatic carbocycles. The van der Waals surface area contributed by atoms with Crippen molar-refractivity contribution in [3.8, 4) is 34.8 Å². The number of carbonyl (C=O) groups excluding carboxylic acids is 3. The Hall–Kier alpha value is -4.44. The molecule has 5 aliphatic heterocycles. The molecule has 2 fully saturated rings. The Bertz CT molecular complexity index is 1920. The van der Waals surface area contributed by atoms with Crippen LogP contribution in [0.15, 0.2) is 6.07 Å². The number of hydrogen-bond donors (Lipinski definition) is 0. The number of methoxy groups -OCH3 is 2. The van der Waals surface area contributed by atoms with Crippen LogP contribution in [-0.4, -0.2) is 105 Å². The van der Waals surface area contributed by atoms with Gasteiger partial charge in [-0.3, -0.25) is 14.6 Å². The summed E-state index contributed by atoms with van der Waals surface area (Å²) in [5.74, 6) is -3.24. The first-order chi connectivity index (χ1) is 25.2. The summed E-state index contributed by atoms with van der Waals surface area (Å²) in [5, 5.41) is 10.1. The number of aryl methyl sites for hydroxylation is 1. The molecule has 2 saturated heterocycles. The minimum Gasteiger partial charge on any atom is -0.493 e. The quantitative estimate of drug-likeness (QED) is 0.237. The lowest BCUT2D eigenvalue weighted by Crippen LogP contribution is -2.69. The van der Waals surface area contributed by atoms with Gasteiger partial charge in [0.05, 0.1) is 30.5 Å². The van der Waals surface area contributed by atoms with Crippen molar-refractivity contribution in [2.24, 2.45) is 0 Å². The molecule has 0 aliphatic carbocycles. The molecule has 7 atom stereocenters. The molecular weight excluding hydrogens is 727 g/mol. The zero-order valence-corrected chi connectivity index (χ0v) is 30.3. The molecule has 0 spiro atoms. The van der Waals surface area contributed by atoms with Crippen LogP contribution in [0.4, 0.5) is 13.2 Å². The van der Waals surface area contributed by atoms with Gasteiger partial charge in [-0.1, -0.05) is 6.07 Å². The maximum absolute atomic E-state index is 13.4. The van der Waals surface area contributed by atoms with Crippen LogP contribution in [0.25, 0.3) is 0 Å². The zero-order valence-electron chi connectivity index (χ0n) is 29.5. The Kier molecular flexibility index (Phi) is 9.58. The maximum atomic E-state index is 13.4. The van der Waals surface area contributed by atoms with Crippen molar-refractivity contribution in [1.29, 1.82) is 5.26 Å². The number of thioether (sulfide) groups is 1. The number of ether oxygens (including phenoxy) is 8. The Balaban J connectivity index is 1.52. The molecule has 2 unspecified atom stereocenters. The third-order valence-corrected chi connectivity index (χ3v) is 11.8. The van der Waals surface area contributed by atoms with E-state index in [0.717, 1.165) is 28.5 Å². The number of alkyl halides is 3. The lowest BCUT2D eigenvalue weighted by Gasteiger charge is -2.61. The van der Waals surface area contributed by atoms with Crippen molar-refractivity contribution >= 4 is 29.7 Å². The third-order valence-electron chi connectivity index (χ3n) is 10.4. The van der Waals surface area contributed by atoms with E-state index in [0.29, 0.717) is 46.1 Å². The van der Waals surface area contributed by atoms with Gasteiger partial charge in [0.2, 0.25) is 12.9 Å². The largest absolute Gasteiger partial charge is 0.493 e. The van der Waals surface area contributed by atoms with Crippen molar-refractivity contribution < 1.29 is 65.4 Å². The van der Waals surface area contributed by atoms with Crippen molar-refractivity contribution in [2.75, 3.05) is 47.2 Å². The second-order valence-corrected chi connectivity index (χ2v) is 14.5. The van der Waals surface area contributed by atoms with E-state index in [2.05, 4.69) is 11.0 Å². The smallest absolute Gasteiger partial charge is 0.490 e. The number of likely N-dealkylation sites (N-methyl/N-ethyl adjacent to an activating group) is 1. The monoisotopic (exact) mass is 763 g/mol. The molecule has 0 radical (unpaired) electrons. The van der Waals surface area contributed by atoms with Crippen LogP contribution in [0.1, 0.15) is 57.6 Å². The van der Waals surface area contributed by atoms with Gasteiger partial charge in [0.25, 0.3) is 0 Å². The first kappa shape index (κ1) is 36.9. The minimum atomic E-state index is -5.37. The fraction of sp³-hybridized carbons (Fsp3) is 0.543. The molecule has 284 valence electrons. The average molecular weight is 764 g/mol. The van der Waals surface area contributed by atoms with E-state index in [-0.39, 0.29) is 19.3 Å². The highest BCUT2D eigenvalue weighted by molar-refractivity contribution is 7.99. The van der Waals surface area contributed by atoms with E-state index in [1.807, 2.05) is 24.9 Å². The van der Waals surface area contributed by atoms with Crippen LogP contribution in [0.2, 0.25) is 0 Å². The van der Waals surface area contributed by atoms with Crippen LogP contribution in [0.5, 0.6) is 28.7 Å². The van der Waals surface area contributed by atoms with Gasteiger partial charge in [0.1, 0.15) is 18.4 Å². The second kappa shape index (κ2) is 13.8. The van der Waals surface area contributed by atoms with E-state index < -0.39 is 78.0 Å². The number of carbonyl (C=O) groups is 3. The predicted octanol–water partition coefficient (Wildman–Crippen LogP) is 3.98. The normalized spacial score (nSPS) is 27.4. The van der Waals surface area contributed by atoms with Gasteiger partial charge in [-0.05, 0) is 38.4 Å². The van der Waals surface area contributed by atoms with Crippen molar-refractivity contribution in [2.45, 2.75) is 74.9 Å². The summed E-state index contributed by atoms with van der Waals surface area (Å²) in [5.41, 5.74) is 3.76. The molecule has 5 aliphatic rings. The van der Waals surface area contributed by atoms with Crippen molar-refractivity contribution in [3.63, 3.8) is 0 Å². The number of esters is 3.